The average Bonchev–Trinajstić information content (AvgIpc) is 2.34. The predicted octanol–water partition coefficient (Wildman–Crippen LogP) is 2.05. The van der Waals surface area contributed by atoms with Crippen molar-refractivity contribution < 1.29 is 9.53 Å². The van der Waals surface area contributed by atoms with E-state index in [1.165, 1.54) is 0 Å². The summed E-state index contributed by atoms with van der Waals surface area (Å²) in [4.78, 5) is 11.8. The lowest BCUT2D eigenvalue weighted by Crippen LogP contribution is -2.13. The van der Waals surface area contributed by atoms with Crippen molar-refractivity contribution in [3.05, 3.63) is 29.3 Å². The Labute approximate surface area is 96.8 Å². The van der Waals surface area contributed by atoms with Crippen LogP contribution in [-0.4, -0.2) is 26.5 Å². The van der Waals surface area contributed by atoms with Crippen molar-refractivity contribution in [1.29, 1.82) is 0 Å². The molecule has 0 radical (unpaired) electrons. The Kier molecular flexibility index (Phi) is 4.99. The minimum atomic E-state index is 0.173. The summed E-state index contributed by atoms with van der Waals surface area (Å²) in [5.74, 6) is 1.03. The third-order valence-electron chi connectivity index (χ3n) is 2.59. The number of ketones is 1. The Morgan fingerprint density at radius 2 is 2.19 bits per heavy atom. The zero-order chi connectivity index (χ0) is 12.0. The van der Waals surface area contributed by atoms with Crippen molar-refractivity contribution in [3.8, 4) is 5.75 Å². The van der Waals surface area contributed by atoms with E-state index in [2.05, 4.69) is 12.2 Å². The van der Waals surface area contributed by atoms with Gasteiger partial charge >= 0.3 is 0 Å². The molecule has 0 unspecified atom stereocenters. The summed E-state index contributed by atoms with van der Waals surface area (Å²) in [6.45, 7) is 2.77. The monoisotopic (exact) mass is 221 g/mol. The van der Waals surface area contributed by atoms with Crippen LogP contribution in [0.1, 0.15) is 29.3 Å². The fourth-order valence-electron chi connectivity index (χ4n) is 1.61. The quantitative estimate of drug-likeness (QED) is 0.747. The van der Waals surface area contributed by atoms with Crippen molar-refractivity contribution in [2.75, 3.05) is 20.7 Å². The van der Waals surface area contributed by atoms with Crippen LogP contribution in [0, 0.1) is 0 Å². The number of carbonyl (C=O) groups is 1. The van der Waals surface area contributed by atoms with Crippen LogP contribution in [0.3, 0.4) is 0 Å². The number of Topliss-reactive ketones (excluding diaryl/α,β-unsaturated/α-hetero) is 1. The van der Waals surface area contributed by atoms with Crippen LogP contribution in [-0.2, 0) is 6.42 Å². The first kappa shape index (κ1) is 12.7. The van der Waals surface area contributed by atoms with Crippen molar-refractivity contribution in [3.63, 3.8) is 0 Å². The second-order valence-corrected chi connectivity index (χ2v) is 3.66. The number of nitrogens with one attached hydrogen (secondary N) is 1. The van der Waals surface area contributed by atoms with Gasteiger partial charge in [0.1, 0.15) is 5.75 Å². The van der Waals surface area contributed by atoms with Crippen molar-refractivity contribution in [2.24, 2.45) is 0 Å². The molecular formula is C13H19NO2. The maximum atomic E-state index is 11.8. The Morgan fingerprint density at radius 3 is 2.75 bits per heavy atom. The van der Waals surface area contributed by atoms with E-state index in [0.717, 1.165) is 23.3 Å². The fraction of sp³-hybridized carbons (Fsp3) is 0.462. The molecule has 1 rings (SSSR count). The van der Waals surface area contributed by atoms with Crippen LogP contribution in [0.5, 0.6) is 5.75 Å². The predicted molar refractivity (Wildman–Crippen MR) is 65.2 cm³/mol. The Morgan fingerprint density at radius 1 is 1.44 bits per heavy atom. The number of ether oxygens (including phenoxy) is 1. The molecule has 0 spiro atoms. The lowest BCUT2D eigenvalue weighted by Gasteiger charge is -2.08. The van der Waals surface area contributed by atoms with Crippen LogP contribution < -0.4 is 10.1 Å². The van der Waals surface area contributed by atoms with E-state index in [9.17, 15) is 4.79 Å². The highest BCUT2D eigenvalue weighted by Crippen LogP contribution is 2.20. The van der Waals surface area contributed by atoms with E-state index in [4.69, 9.17) is 4.74 Å². The molecule has 0 aliphatic rings. The summed E-state index contributed by atoms with van der Waals surface area (Å²) < 4.78 is 5.23. The number of methoxy groups -OCH3 is 1. The molecule has 0 aromatic heterocycles. The smallest absolute Gasteiger partial charge is 0.164 e. The fourth-order valence-corrected chi connectivity index (χ4v) is 1.61. The van der Waals surface area contributed by atoms with Crippen LogP contribution in [0.2, 0.25) is 0 Å². The first-order chi connectivity index (χ1) is 7.72. The minimum absolute atomic E-state index is 0.173. The zero-order valence-corrected chi connectivity index (χ0v) is 10.2. The highest BCUT2D eigenvalue weighted by Gasteiger charge is 2.08. The molecule has 0 aliphatic heterocycles. The summed E-state index contributed by atoms with van der Waals surface area (Å²) in [6, 6.07) is 5.62. The van der Waals surface area contributed by atoms with E-state index < -0.39 is 0 Å². The van der Waals surface area contributed by atoms with E-state index in [0.29, 0.717) is 13.0 Å². The maximum Gasteiger partial charge on any atom is 0.164 e. The summed E-state index contributed by atoms with van der Waals surface area (Å²) in [7, 11) is 3.50. The molecule has 0 saturated carbocycles. The molecule has 0 fully saturated rings. The largest absolute Gasteiger partial charge is 0.496 e. The maximum absolute atomic E-state index is 11.8. The Hall–Kier alpha value is -1.35. The summed E-state index contributed by atoms with van der Waals surface area (Å²) in [6.07, 6.45) is 1.41. The molecule has 3 nitrogen and oxygen atoms in total. The molecule has 0 amide bonds. The van der Waals surface area contributed by atoms with Gasteiger partial charge < -0.3 is 10.1 Å². The lowest BCUT2D eigenvalue weighted by atomic mass is 10.0. The number of benzene rings is 1. The molecule has 0 bridgehead atoms. The Bertz CT molecular complexity index is 361. The van der Waals surface area contributed by atoms with Gasteiger partial charge in [-0.3, -0.25) is 4.79 Å². The molecule has 88 valence electrons. The third kappa shape index (κ3) is 3.07. The molecule has 0 saturated heterocycles. The number of aryl methyl sites for hydroxylation is 1. The molecule has 0 aliphatic carbocycles. The Balaban J connectivity index is 2.85. The molecule has 16 heavy (non-hydrogen) atoms. The van der Waals surface area contributed by atoms with E-state index in [-0.39, 0.29) is 5.78 Å². The molecule has 1 aromatic rings. The SMILES string of the molecule is CCc1cc(C(=O)CCNC)ccc1OC. The van der Waals surface area contributed by atoms with Gasteiger partial charge in [0, 0.05) is 18.5 Å². The van der Waals surface area contributed by atoms with Gasteiger partial charge in [0.2, 0.25) is 0 Å². The number of carbonyl (C=O) groups excluding carboxylic acids is 1. The second kappa shape index (κ2) is 6.28. The first-order valence-electron chi connectivity index (χ1n) is 5.57. The lowest BCUT2D eigenvalue weighted by molar-refractivity contribution is 0.0983. The molecular weight excluding hydrogens is 202 g/mol. The van der Waals surface area contributed by atoms with E-state index in [1.54, 1.807) is 7.11 Å². The molecule has 0 heterocycles. The topological polar surface area (TPSA) is 38.3 Å². The van der Waals surface area contributed by atoms with Crippen LogP contribution in [0.25, 0.3) is 0 Å². The van der Waals surface area contributed by atoms with Gasteiger partial charge in [0.15, 0.2) is 5.78 Å². The molecule has 3 heteroatoms. The molecule has 0 atom stereocenters. The summed E-state index contributed by atoms with van der Waals surface area (Å²) in [5.41, 5.74) is 1.85. The zero-order valence-electron chi connectivity index (χ0n) is 10.2. The normalized spacial score (nSPS) is 10.2. The van der Waals surface area contributed by atoms with Crippen LogP contribution >= 0.6 is 0 Å². The average molecular weight is 221 g/mol. The van der Waals surface area contributed by atoms with Gasteiger partial charge in [0.25, 0.3) is 0 Å². The van der Waals surface area contributed by atoms with Gasteiger partial charge in [-0.05, 0) is 37.2 Å². The van der Waals surface area contributed by atoms with Gasteiger partial charge in [-0.1, -0.05) is 6.92 Å². The highest BCUT2D eigenvalue weighted by molar-refractivity contribution is 5.96. The van der Waals surface area contributed by atoms with Gasteiger partial charge in [0.05, 0.1) is 7.11 Å². The number of rotatable bonds is 6. The van der Waals surface area contributed by atoms with Gasteiger partial charge in [-0.2, -0.15) is 0 Å². The second-order valence-electron chi connectivity index (χ2n) is 3.66. The summed E-state index contributed by atoms with van der Waals surface area (Å²) in [5, 5.41) is 2.97. The van der Waals surface area contributed by atoms with E-state index in [1.807, 2.05) is 25.2 Å². The minimum Gasteiger partial charge on any atom is -0.496 e. The highest BCUT2D eigenvalue weighted by atomic mass is 16.5. The molecule has 1 N–H and O–H groups in total. The van der Waals surface area contributed by atoms with Crippen molar-refractivity contribution in [2.45, 2.75) is 19.8 Å². The third-order valence-corrected chi connectivity index (χ3v) is 2.59. The summed E-state index contributed by atoms with van der Waals surface area (Å²) >= 11 is 0. The standard InChI is InChI=1S/C13H19NO2/c1-4-10-9-11(5-6-13(10)16-3)12(15)7-8-14-2/h5-6,9,14H,4,7-8H2,1-3H3. The van der Waals surface area contributed by atoms with Crippen LogP contribution in [0.15, 0.2) is 18.2 Å². The molecule has 1 aromatic carbocycles. The van der Waals surface area contributed by atoms with Crippen molar-refractivity contribution in [1.82, 2.24) is 5.32 Å². The number of hydrogen-bond donors (Lipinski definition) is 1. The number of hydrogen-bond acceptors (Lipinski definition) is 3. The van der Waals surface area contributed by atoms with Crippen LogP contribution in [0.4, 0.5) is 0 Å². The van der Waals surface area contributed by atoms with Gasteiger partial charge in [-0.15, -0.1) is 0 Å². The first-order valence-corrected chi connectivity index (χ1v) is 5.57. The van der Waals surface area contributed by atoms with E-state index >= 15 is 0 Å². The van der Waals surface area contributed by atoms with Crippen molar-refractivity contribution >= 4 is 5.78 Å². The van der Waals surface area contributed by atoms with Gasteiger partial charge in [-0.25, -0.2) is 0 Å².